The summed E-state index contributed by atoms with van der Waals surface area (Å²) in [5.41, 5.74) is 5.73. The van der Waals surface area contributed by atoms with Crippen molar-refractivity contribution in [3.05, 3.63) is 48.6 Å². The molecule has 0 spiro atoms. The lowest BCUT2D eigenvalue weighted by Crippen LogP contribution is -2.48. The Morgan fingerprint density at radius 3 is 2.67 bits per heavy atom. The summed E-state index contributed by atoms with van der Waals surface area (Å²) in [5, 5.41) is 0. The van der Waals surface area contributed by atoms with E-state index in [9.17, 15) is 9.59 Å². The maximum Gasteiger partial charge on any atom is 0.325 e. The number of hydrogen-bond acceptors (Lipinski definition) is 4. The third-order valence-electron chi connectivity index (χ3n) is 2.83. The predicted molar refractivity (Wildman–Crippen MR) is 81.5 cm³/mol. The number of hydrazine groups is 1. The van der Waals surface area contributed by atoms with Crippen LogP contribution in [-0.2, 0) is 9.53 Å². The van der Waals surface area contributed by atoms with Gasteiger partial charge in [0.15, 0.2) is 0 Å². The minimum Gasteiger partial charge on any atom is -0.464 e. The zero-order valence-electron chi connectivity index (χ0n) is 12.3. The summed E-state index contributed by atoms with van der Waals surface area (Å²) in [4.78, 5) is 23.8. The second-order valence-corrected chi connectivity index (χ2v) is 4.56. The van der Waals surface area contributed by atoms with Gasteiger partial charge in [-0.15, -0.1) is 6.58 Å². The van der Waals surface area contributed by atoms with Gasteiger partial charge in [0.2, 0.25) is 0 Å². The fraction of sp³-hybridized carbons (Fsp3) is 0.375. The first-order chi connectivity index (χ1) is 10.2. The Morgan fingerprint density at radius 2 is 2.05 bits per heavy atom. The molecule has 0 bridgehead atoms. The number of hydrogen-bond donors (Lipinski definition) is 2. The van der Waals surface area contributed by atoms with Gasteiger partial charge in [-0.25, -0.2) is 5.43 Å². The first-order valence-electron chi connectivity index (χ1n) is 7.07. The number of amides is 1. The molecule has 21 heavy (non-hydrogen) atoms. The molecule has 114 valence electrons. The number of nitrogens with one attached hydrogen (secondary N) is 2. The lowest BCUT2D eigenvalue weighted by Gasteiger charge is -2.16. The van der Waals surface area contributed by atoms with E-state index < -0.39 is 12.0 Å². The van der Waals surface area contributed by atoms with Crippen LogP contribution in [0.2, 0.25) is 0 Å². The Kier molecular flexibility index (Phi) is 7.82. The predicted octanol–water partition coefficient (Wildman–Crippen LogP) is 2.21. The topological polar surface area (TPSA) is 67.4 Å². The number of carbonyl (C=O) groups excluding carboxylic acids is 2. The molecular formula is C16H22N2O3. The van der Waals surface area contributed by atoms with Crippen molar-refractivity contribution in [1.82, 2.24) is 10.9 Å². The van der Waals surface area contributed by atoms with E-state index >= 15 is 0 Å². The highest BCUT2D eigenvalue weighted by Gasteiger charge is 2.19. The fourth-order valence-electron chi connectivity index (χ4n) is 1.61. The van der Waals surface area contributed by atoms with Gasteiger partial charge in [-0.2, -0.15) is 0 Å². The molecule has 1 aromatic carbocycles. The normalized spacial score (nSPS) is 11.5. The fourth-order valence-corrected chi connectivity index (χ4v) is 1.61. The Bertz CT molecular complexity index is 460. The van der Waals surface area contributed by atoms with Gasteiger partial charge >= 0.3 is 5.97 Å². The van der Waals surface area contributed by atoms with Crippen LogP contribution in [0.4, 0.5) is 0 Å². The number of unbranched alkanes of at least 4 members (excludes halogenated alkanes) is 1. The summed E-state index contributed by atoms with van der Waals surface area (Å²) >= 11 is 0. The Hall–Kier alpha value is -2.14. The highest BCUT2D eigenvalue weighted by molar-refractivity contribution is 5.94. The minimum atomic E-state index is -0.632. The lowest BCUT2D eigenvalue weighted by molar-refractivity contribution is -0.146. The van der Waals surface area contributed by atoms with Crippen molar-refractivity contribution in [3.8, 4) is 0 Å². The van der Waals surface area contributed by atoms with Crippen molar-refractivity contribution in [1.29, 1.82) is 0 Å². The van der Waals surface area contributed by atoms with Crippen LogP contribution < -0.4 is 10.9 Å². The standard InChI is InChI=1S/C16H22N2O3/c1-3-5-12-21-16(20)14(9-4-2)17-18-15(19)13-10-7-6-8-11-13/h4,6-8,10-11,14,17H,2-3,5,9,12H2,1H3,(H,18,19)/t14-/m1/s1. The van der Waals surface area contributed by atoms with E-state index in [1.54, 1.807) is 30.3 Å². The Labute approximate surface area is 125 Å². The summed E-state index contributed by atoms with van der Waals surface area (Å²) < 4.78 is 5.13. The van der Waals surface area contributed by atoms with Crippen molar-refractivity contribution in [2.24, 2.45) is 0 Å². The Morgan fingerprint density at radius 1 is 1.33 bits per heavy atom. The molecule has 1 aromatic rings. The molecule has 0 fully saturated rings. The van der Waals surface area contributed by atoms with Crippen LogP contribution in [0.5, 0.6) is 0 Å². The molecule has 0 aliphatic carbocycles. The molecule has 5 nitrogen and oxygen atoms in total. The minimum absolute atomic E-state index is 0.300. The molecule has 0 saturated carbocycles. The van der Waals surface area contributed by atoms with Crippen LogP contribution in [-0.4, -0.2) is 24.5 Å². The maximum atomic E-state index is 11.9. The number of rotatable bonds is 9. The monoisotopic (exact) mass is 290 g/mol. The summed E-state index contributed by atoms with van der Waals surface area (Å²) in [5.74, 6) is -0.692. The van der Waals surface area contributed by atoms with Gasteiger partial charge in [-0.1, -0.05) is 37.6 Å². The Balaban J connectivity index is 2.48. The molecule has 0 radical (unpaired) electrons. The number of ether oxygens (including phenoxy) is 1. The second-order valence-electron chi connectivity index (χ2n) is 4.56. The summed E-state index contributed by atoms with van der Waals surface area (Å²) in [6, 6.07) is 8.13. The lowest BCUT2D eigenvalue weighted by atomic mass is 10.2. The highest BCUT2D eigenvalue weighted by atomic mass is 16.5. The van der Waals surface area contributed by atoms with Gasteiger partial charge < -0.3 is 4.74 Å². The van der Waals surface area contributed by atoms with Crippen molar-refractivity contribution >= 4 is 11.9 Å². The summed E-state index contributed by atoms with van der Waals surface area (Å²) in [6.45, 7) is 6.01. The molecule has 2 N–H and O–H groups in total. The third-order valence-corrected chi connectivity index (χ3v) is 2.83. The quantitative estimate of drug-likeness (QED) is 0.317. The van der Waals surface area contributed by atoms with Crippen LogP contribution in [0.1, 0.15) is 36.5 Å². The second kappa shape index (κ2) is 9.72. The molecule has 0 unspecified atom stereocenters. The van der Waals surface area contributed by atoms with Crippen LogP contribution in [0.15, 0.2) is 43.0 Å². The van der Waals surface area contributed by atoms with Crippen molar-refractivity contribution in [3.63, 3.8) is 0 Å². The smallest absolute Gasteiger partial charge is 0.325 e. The van der Waals surface area contributed by atoms with Gasteiger partial charge in [-0.05, 0) is 25.0 Å². The number of benzene rings is 1. The van der Waals surface area contributed by atoms with Crippen molar-refractivity contribution < 1.29 is 14.3 Å². The molecule has 0 aliphatic rings. The van der Waals surface area contributed by atoms with Gasteiger partial charge in [0.05, 0.1) is 6.61 Å². The van der Waals surface area contributed by atoms with Crippen LogP contribution >= 0.6 is 0 Å². The molecule has 5 heteroatoms. The maximum absolute atomic E-state index is 11.9. The first kappa shape index (κ1) is 16.9. The van der Waals surface area contributed by atoms with Crippen LogP contribution in [0, 0.1) is 0 Å². The molecule has 0 heterocycles. The SMILES string of the molecule is C=CC[C@@H](NNC(=O)c1ccccc1)C(=O)OCCCC. The zero-order valence-corrected chi connectivity index (χ0v) is 12.3. The van der Waals surface area contributed by atoms with Crippen molar-refractivity contribution in [2.75, 3.05) is 6.61 Å². The van der Waals surface area contributed by atoms with E-state index in [1.165, 1.54) is 0 Å². The number of esters is 1. The van der Waals surface area contributed by atoms with E-state index in [0.29, 0.717) is 18.6 Å². The average molecular weight is 290 g/mol. The third kappa shape index (κ3) is 6.23. The van der Waals surface area contributed by atoms with E-state index in [1.807, 2.05) is 13.0 Å². The molecule has 0 saturated heterocycles. The van der Waals surface area contributed by atoms with E-state index in [-0.39, 0.29) is 5.91 Å². The van der Waals surface area contributed by atoms with Crippen LogP contribution in [0.25, 0.3) is 0 Å². The zero-order chi connectivity index (χ0) is 15.5. The molecule has 0 aliphatic heterocycles. The van der Waals surface area contributed by atoms with Gasteiger partial charge in [0.1, 0.15) is 6.04 Å². The van der Waals surface area contributed by atoms with E-state index in [4.69, 9.17) is 4.74 Å². The summed E-state index contributed by atoms with van der Waals surface area (Å²) in [6.07, 6.45) is 3.76. The summed E-state index contributed by atoms with van der Waals surface area (Å²) in [7, 11) is 0. The first-order valence-corrected chi connectivity index (χ1v) is 7.07. The van der Waals surface area contributed by atoms with E-state index in [0.717, 1.165) is 12.8 Å². The molecule has 1 rings (SSSR count). The number of carbonyl (C=O) groups is 2. The molecule has 1 atom stereocenters. The highest BCUT2D eigenvalue weighted by Crippen LogP contribution is 2.00. The largest absolute Gasteiger partial charge is 0.464 e. The van der Waals surface area contributed by atoms with Gasteiger partial charge in [0, 0.05) is 5.56 Å². The molecular weight excluding hydrogens is 268 g/mol. The molecule has 0 aromatic heterocycles. The van der Waals surface area contributed by atoms with Crippen molar-refractivity contribution in [2.45, 2.75) is 32.2 Å². The molecule has 1 amide bonds. The van der Waals surface area contributed by atoms with Crippen LogP contribution in [0.3, 0.4) is 0 Å². The van der Waals surface area contributed by atoms with E-state index in [2.05, 4.69) is 17.4 Å². The van der Waals surface area contributed by atoms with Gasteiger partial charge in [0.25, 0.3) is 5.91 Å². The average Bonchev–Trinajstić information content (AvgIpc) is 2.52. The van der Waals surface area contributed by atoms with Gasteiger partial charge in [-0.3, -0.25) is 15.0 Å².